The molecule has 1 aliphatic heterocycles. The number of amides is 2. The molecule has 3 aromatic heterocycles. The normalized spacial score (nSPS) is 24.8. The number of benzene rings is 1. The molecule has 4 aromatic rings. The van der Waals surface area contributed by atoms with Crippen LogP contribution in [-0.4, -0.2) is 39.8 Å². The van der Waals surface area contributed by atoms with Gasteiger partial charge >= 0.3 is 0 Å². The van der Waals surface area contributed by atoms with Crippen LogP contribution in [-0.2, 0) is 10.2 Å². The number of aromatic amines is 1. The maximum absolute atomic E-state index is 13.6. The third-order valence-electron chi connectivity index (χ3n) is 10.1. The first kappa shape index (κ1) is 24.0. The van der Waals surface area contributed by atoms with Crippen molar-refractivity contribution in [1.82, 2.24) is 20.2 Å². The Balaban J connectivity index is 0.996. The van der Waals surface area contributed by atoms with Gasteiger partial charge in [0.15, 0.2) is 5.58 Å². The molecule has 0 radical (unpaired) electrons. The van der Waals surface area contributed by atoms with Crippen LogP contribution >= 0.6 is 0 Å². The van der Waals surface area contributed by atoms with Gasteiger partial charge in [0.05, 0.1) is 11.6 Å². The highest BCUT2D eigenvalue weighted by Gasteiger charge is 2.53. The average Bonchev–Trinajstić information content (AvgIpc) is 3.86. The highest BCUT2D eigenvalue weighted by molar-refractivity contribution is 6.00. The molecule has 3 atom stereocenters. The Hall–Kier alpha value is -3.87. The van der Waals surface area contributed by atoms with E-state index in [1.807, 2.05) is 23.1 Å². The number of pyridine rings is 1. The lowest BCUT2D eigenvalue weighted by Crippen LogP contribution is -2.45. The molecule has 1 aromatic carbocycles. The highest BCUT2D eigenvalue weighted by Crippen LogP contribution is 2.56. The smallest absolute Gasteiger partial charge is 0.270 e. The largest absolute Gasteiger partial charge is 0.462 e. The first-order valence-corrected chi connectivity index (χ1v) is 14.7. The van der Waals surface area contributed by atoms with Gasteiger partial charge in [-0.15, -0.1) is 0 Å². The Morgan fingerprint density at radius 2 is 2.00 bits per heavy atom. The van der Waals surface area contributed by atoms with Crippen LogP contribution in [0.4, 0.5) is 0 Å². The van der Waals surface area contributed by atoms with Gasteiger partial charge in [0.25, 0.3) is 5.91 Å². The highest BCUT2D eigenvalue weighted by atomic mass is 16.3. The summed E-state index contributed by atoms with van der Waals surface area (Å²) in [6.45, 7) is 3.57. The van der Waals surface area contributed by atoms with Gasteiger partial charge in [0, 0.05) is 54.0 Å². The van der Waals surface area contributed by atoms with Crippen LogP contribution in [0.1, 0.15) is 71.7 Å². The second kappa shape index (κ2) is 8.82. The summed E-state index contributed by atoms with van der Waals surface area (Å²) in [5.41, 5.74) is 7.87. The number of aromatic nitrogens is 2. The molecule has 7 nitrogen and oxygen atoms in total. The Labute approximate surface area is 233 Å². The van der Waals surface area contributed by atoms with E-state index in [9.17, 15) is 9.59 Å². The van der Waals surface area contributed by atoms with Crippen molar-refractivity contribution in [3.05, 3.63) is 77.4 Å². The molecule has 4 aliphatic rings. The summed E-state index contributed by atoms with van der Waals surface area (Å²) in [4.78, 5) is 36.3. The topological polar surface area (TPSA) is 91.2 Å². The number of carbonyl (C=O) groups excluding carboxylic acids is 2. The molecular formula is C33H34N4O3. The van der Waals surface area contributed by atoms with Gasteiger partial charge in [-0.1, -0.05) is 24.3 Å². The number of furan rings is 1. The lowest BCUT2D eigenvalue weighted by Gasteiger charge is -2.41. The quantitative estimate of drug-likeness (QED) is 0.333. The van der Waals surface area contributed by atoms with Crippen LogP contribution in [0.25, 0.3) is 22.2 Å². The van der Waals surface area contributed by atoms with Crippen molar-refractivity contribution in [2.45, 2.75) is 56.9 Å². The fourth-order valence-electron chi connectivity index (χ4n) is 7.80. The van der Waals surface area contributed by atoms with Crippen molar-refractivity contribution in [3.8, 4) is 11.1 Å². The summed E-state index contributed by atoms with van der Waals surface area (Å²) >= 11 is 0. The number of hydrogen-bond acceptors (Lipinski definition) is 4. The lowest BCUT2D eigenvalue weighted by atomic mass is 9.72. The number of aryl methyl sites for hydroxylation is 1. The van der Waals surface area contributed by atoms with Crippen molar-refractivity contribution in [1.29, 1.82) is 0 Å². The standard InChI is InChI=1S/C33H34N4O3/c1-19-4-2-6-22-27(36-31(38)24-14-23(24)20-7-8-20)16-33(29(19)22)9-12-37(13-10-33)32(39)26-15-28-30(35-26)25(18-40-28)21-5-3-11-34-17-21/h2-6,11,15,17-18,20,23-24,27,35H,7-10,12-14,16H2,1H3,(H,36,38). The van der Waals surface area contributed by atoms with Crippen molar-refractivity contribution in [2.75, 3.05) is 13.1 Å². The molecule has 0 bridgehead atoms. The molecule has 204 valence electrons. The molecule has 4 heterocycles. The van der Waals surface area contributed by atoms with Gasteiger partial charge in [0.1, 0.15) is 12.0 Å². The number of nitrogens with one attached hydrogen (secondary N) is 2. The molecule has 1 saturated heterocycles. The molecule has 2 N–H and O–H groups in total. The number of H-pyrrole nitrogens is 1. The monoisotopic (exact) mass is 534 g/mol. The van der Waals surface area contributed by atoms with Crippen LogP contribution in [0.5, 0.6) is 0 Å². The fourth-order valence-corrected chi connectivity index (χ4v) is 7.80. The Morgan fingerprint density at radius 3 is 2.77 bits per heavy atom. The Bertz CT molecular complexity index is 1620. The van der Waals surface area contributed by atoms with Crippen LogP contribution < -0.4 is 5.32 Å². The van der Waals surface area contributed by atoms with E-state index < -0.39 is 0 Å². The lowest BCUT2D eigenvalue weighted by molar-refractivity contribution is -0.123. The first-order chi connectivity index (χ1) is 19.5. The van der Waals surface area contributed by atoms with E-state index in [-0.39, 0.29) is 29.2 Å². The summed E-state index contributed by atoms with van der Waals surface area (Å²) < 4.78 is 5.77. The van der Waals surface area contributed by atoms with E-state index in [2.05, 4.69) is 40.4 Å². The number of fused-ring (bicyclic) bond motifs is 3. The summed E-state index contributed by atoms with van der Waals surface area (Å²) in [6.07, 6.45) is 11.6. The molecule has 8 rings (SSSR count). The number of nitrogens with zero attached hydrogens (tertiary/aromatic N) is 2. The number of likely N-dealkylation sites (tertiary alicyclic amines) is 1. The van der Waals surface area contributed by atoms with Crippen molar-refractivity contribution in [3.63, 3.8) is 0 Å². The zero-order valence-corrected chi connectivity index (χ0v) is 22.8. The van der Waals surface area contributed by atoms with E-state index in [1.165, 1.54) is 29.5 Å². The molecule has 7 heteroatoms. The maximum atomic E-state index is 13.6. The Morgan fingerprint density at radius 1 is 1.15 bits per heavy atom. The van der Waals surface area contributed by atoms with Gasteiger partial charge in [-0.25, -0.2) is 0 Å². The second-order valence-corrected chi connectivity index (χ2v) is 12.5. The number of rotatable bonds is 5. The van der Waals surface area contributed by atoms with Crippen molar-refractivity contribution < 1.29 is 14.0 Å². The minimum Gasteiger partial charge on any atom is -0.462 e. The maximum Gasteiger partial charge on any atom is 0.270 e. The van der Waals surface area contributed by atoms with Gasteiger partial charge in [-0.2, -0.15) is 0 Å². The summed E-state index contributed by atoms with van der Waals surface area (Å²) in [5, 5.41) is 3.46. The molecule has 3 aliphatic carbocycles. The number of piperidine rings is 1. The minimum atomic E-state index is -0.00826. The molecule has 1 spiro atoms. The molecule has 2 amide bonds. The molecular weight excluding hydrogens is 500 g/mol. The summed E-state index contributed by atoms with van der Waals surface area (Å²) in [7, 11) is 0. The third kappa shape index (κ3) is 3.81. The number of carbonyl (C=O) groups is 2. The second-order valence-electron chi connectivity index (χ2n) is 12.5. The van der Waals surface area contributed by atoms with Gasteiger partial charge in [0.2, 0.25) is 5.91 Å². The average molecular weight is 535 g/mol. The van der Waals surface area contributed by atoms with Crippen molar-refractivity contribution >= 4 is 22.9 Å². The SMILES string of the molecule is Cc1cccc2c1C1(CCN(C(=O)c3cc4occ(-c5cccnc5)c4[nH]3)CC1)CC2NC(=O)C1CC1C1CC1. The summed E-state index contributed by atoms with van der Waals surface area (Å²) in [6, 6.07) is 12.3. The van der Waals surface area contributed by atoms with Crippen LogP contribution in [0, 0.1) is 24.7 Å². The predicted octanol–water partition coefficient (Wildman–Crippen LogP) is 5.91. The van der Waals surface area contributed by atoms with Crippen LogP contribution in [0.15, 0.2) is 59.5 Å². The van der Waals surface area contributed by atoms with E-state index >= 15 is 0 Å². The van der Waals surface area contributed by atoms with E-state index in [0.717, 1.165) is 48.2 Å². The van der Waals surface area contributed by atoms with E-state index in [4.69, 9.17) is 4.42 Å². The third-order valence-corrected chi connectivity index (χ3v) is 10.1. The zero-order chi connectivity index (χ0) is 27.0. The van der Waals surface area contributed by atoms with Crippen molar-refractivity contribution in [2.24, 2.45) is 17.8 Å². The van der Waals surface area contributed by atoms with Gasteiger partial charge in [-0.05, 0) is 80.0 Å². The van der Waals surface area contributed by atoms with E-state index in [0.29, 0.717) is 30.3 Å². The van der Waals surface area contributed by atoms with E-state index in [1.54, 1.807) is 18.7 Å². The molecule has 40 heavy (non-hydrogen) atoms. The van der Waals surface area contributed by atoms with Crippen LogP contribution in [0.2, 0.25) is 0 Å². The number of hydrogen-bond donors (Lipinski definition) is 2. The molecule has 3 unspecified atom stereocenters. The molecule has 2 saturated carbocycles. The van der Waals surface area contributed by atoms with Gasteiger partial charge in [-0.3, -0.25) is 14.6 Å². The van der Waals surface area contributed by atoms with Crippen LogP contribution in [0.3, 0.4) is 0 Å². The fraction of sp³-hybridized carbons (Fsp3) is 0.424. The molecule has 3 fully saturated rings. The zero-order valence-electron chi connectivity index (χ0n) is 22.8. The predicted molar refractivity (Wildman–Crippen MR) is 152 cm³/mol. The van der Waals surface area contributed by atoms with Gasteiger partial charge < -0.3 is 19.6 Å². The Kier molecular flexibility index (Phi) is 5.28. The minimum absolute atomic E-state index is 0.00564. The first-order valence-electron chi connectivity index (χ1n) is 14.7. The summed E-state index contributed by atoms with van der Waals surface area (Å²) in [5.74, 6) is 1.90.